The minimum absolute atomic E-state index is 0.0884. The van der Waals surface area contributed by atoms with Crippen LogP contribution in [0.25, 0.3) is 0 Å². The number of rotatable bonds is 4. The first kappa shape index (κ1) is 21.4. The van der Waals surface area contributed by atoms with Gasteiger partial charge in [-0.2, -0.15) is 13.2 Å². The van der Waals surface area contributed by atoms with Crippen LogP contribution in [0.4, 0.5) is 18.0 Å². The van der Waals surface area contributed by atoms with E-state index in [0.717, 1.165) is 12.1 Å². The number of halogens is 3. The fourth-order valence-electron chi connectivity index (χ4n) is 2.58. The fourth-order valence-corrected chi connectivity index (χ4v) is 3.80. The second kappa shape index (κ2) is 8.00. The van der Waals surface area contributed by atoms with Crippen molar-refractivity contribution < 1.29 is 22.8 Å². The zero-order valence-corrected chi connectivity index (χ0v) is 16.6. The van der Waals surface area contributed by atoms with Gasteiger partial charge in [-0.25, -0.2) is 4.79 Å². The highest BCUT2D eigenvalue weighted by Gasteiger charge is 2.34. The molecule has 0 bridgehead atoms. The number of carbonyl (C=O) groups is 2. The minimum Gasteiger partial charge on any atom is -0.333 e. The number of alkyl halides is 3. The largest absolute Gasteiger partial charge is 0.416 e. The van der Waals surface area contributed by atoms with Crippen LogP contribution in [0.3, 0.4) is 0 Å². The van der Waals surface area contributed by atoms with Crippen molar-refractivity contribution in [2.24, 2.45) is 0 Å². The zero-order chi connectivity index (χ0) is 20.4. The number of amides is 3. The Morgan fingerprint density at radius 2 is 1.85 bits per heavy atom. The average molecular weight is 403 g/mol. The molecule has 5 nitrogen and oxygen atoms in total. The Labute approximate surface area is 161 Å². The molecule has 150 valence electrons. The molecular formula is C18H24F3N3O2S. The van der Waals surface area contributed by atoms with Gasteiger partial charge in [0.25, 0.3) is 0 Å². The van der Waals surface area contributed by atoms with Gasteiger partial charge in [-0.1, -0.05) is 12.1 Å². The first-order valence-electron chi connectivity index (χ1n) is 8.50. The highest BCUT2D eigenvalue weighted by molar-refractivity contribution is 8.00. The number of hydrogen-bond donors (Lipinski definition) is 1. The van der Waals surface area contributed by atoms with Crippen LogP contribution in [0, 0.1) is 0 Å². The van der Waals surface area contributed by atoms with Crippen molar-refractivity contribution in [2.75, 3.05) is 25.9 Å². The van der Waals surface area contributed by atoms with Gasteiger partial charge in [0, 0.05) is 25.7 Å². The first-order valence-corrected chi connectivity index (χ1v) is 9.55. The van der Waals surface area contributed by atoms with Crippen molar-refractivity contribution in [2.45, 2.75) is 37.9 Å². The second-order valence-electron chi connectivity index (χ2n) is 7.47. The Morgan fingerprint density at radius 1 is 1.26 bits per heavy atom. The topological polar surface area (TPSA) is 52.7 Å². The Kier molecular flexibility index (Phi) is 6.34. The molecule has 3 amide bonds. The van der Waals surface area contributed by atoms with Crippen LogP contribution < -0.4 is 5.32 Å². The predicted octanol–water partition coefficient (Wildman–Crippen LogP) is 3.72. The summed E-state index contributed by atoms with van der Waals surface area (Å²) in [5, 5.41) is 2.49. The van der Waals surface area contributed by atoms with E-state index in [1.54, 1.807) is 11.9 Å². The summed E-state index contributed by atoms with van der Waals surface area (Å²) < 4.78 is 38.2. The number of thioether (sulfide) groups is 1. The number of carbonyl (C=O) groups excluding carboxylic acids is 2. The summed E-state index contributed by atoms with van der Waals surface area (Å²) in [6.07, 6.45) is -4.39. The molecule has 1 aromatic carbocycles. The number of nitrogens with one attached hydrogen (secondary N) is 1. The molecule has 1 fully saturated rings. The molecule has 1 heterocycles. The lowest BCUT2D eigenvalue weighted by atomic mass is 10.1. The van der Waals surface area contributed by atoms with Crippen molar-refractivity contribution >= 4 is 23.7 Å². The van der Waals surface area contributed by atoms with Crippen molar-refractivity contribution in [3.63, 3.8) is 0 Å². The molecule has 1 aromatic rings. The fraction of sp³-hybridized carbons (Fsp3) is 0.556. The van der Waals surface area contributed by atoms with Gasteiger partial charge in [0.2, 0.25) is 5.91 Å². The Hall–Kier alpha value is -1.90. The number of hydrogen-bond acceptors (Lipinski definition) is 3. The third-order valence-electron chi connectivity index (χ3n) is 4.00. The van der Waals surface area contributed by atoms with Crippen LogP contribution in [-0.2, 0) is 11.0 Å². The molecule has 27 heavy (non-hydrogen) atoms. The van der Waals surface area contributed by atoms with Crippen molar-refractivity contribution in [3.8, 4) is 0 Å². The van der Waals surface area contributed by atoms with E-state index < -0.39 is 11.7 Å². The molecule has 9 heteroatoms. The molecular weight excluding hydrogens is 379 g/mol. The maximum absolute atomic E-state index is 12.7. The van der Waals surface area contributed by atoms with Gasteiger partial charge in [-0.15, -0.1) is 11.8 Å². The molecule has 0 unspecified atom stereocenters. The summed E-state index contributed by atoms with van der Waals surface area (Å²) in [6.45, 7) is 6.26. The van der Waals surface area contributed by atoms with Gasteiger partial charge in [0.05, 0.1) is 11.3 Å². The minimum atomic E-state index is -4.39. The smallest absolute Gasteiger partial charge is 0.333 e. The SMILES string of the molecule is CN(CCN1C(=O)CS[C@H]1c1ccc(C(F)(F)F)cc1)C(=O)NC(C)(C)C. The summed E-state index contributed by atoms with van der Waals surface area (Å²) in [5.41, 5.74) is -0.445. The van der Waals surface area contributed by atoms with Crippen LogP contribution in [-0.4, -0.2) is 53.2 Å². The molecule has 0 saturated carbocycles. The molecule has 1 aliphatic rings. The second-order valence-corrected chi connectivity index (χ2v) is 8.54. The van der Waals surface area contributed by atoms with E-state index in [2.05, 4.69) is 5.32 Å². The Bertz CT molecular complexity index is 687. The number of urea groups is 1. The lowest BCUT2D eigenvalue weighted by molar-refractivity contribution is -0.137. The summed E-state index contributed by atoms with van der Waals surface area (Å²) in [6, 6.07) is 4.62. The molecule has 2 rings (SSSR count). The zero-order valence-electron chi connectivity index (χ0n) is 15.8. The monoisotopic (exact) mass is 403 g/mol. The highest BCUT2D eigenvalue weighted by Crippen LogP contribution is 2.39. The molecule has 0 aliphatic carbocycles. The van der Waals surface area contributed by atoms with Crippen LogP contribution in [0.1, 0.15) is 37.3 Å². The van der Waals surface area contributed by atoms with Crippen molar-refractivity contribution in [1.82, 2.24) is 15.1 Å². The van der Waals surface area contributed by atoms with Gasteiger partial charge in [-0.05, 0) is 38.5 Å². The van der Waals surface area contributed by atoms with Crippen molar-refractivity contribution in [1.29, 1.82) is 0 Å². The Morgan fingerprint density at radius 3 is 2.37 bits per heavy atom. The molecule has 0 aromatic heterocycles. The maximum atomic E-state index is 12.7. The summed E-state index contributed by atoms with van der Waals surface area (Å²) in [7, 11) is 1.64. The third kappa shape index (κ3) is 5.79. The van der Waals surface area contributed by atoms with E-state index in [4.69, 9.17) is 0 Å². The van der Waals surface area contributed by atoms with Crippen molar-refractivity contribution in [3.05, 3.63) is 35.4 Å². The van der Waals surface area contributed by atoms with E-state index in [1.165, 1.54) is 28.8 Å². The summed E-state index contributed by atoms with van der Waals surface area (Å²) in [4.78, 5) is 27.4. The van der Waals surface area contributed by atoms with E-state index in [-0.39, 0.29) is 28.6 Å². The molecule has 1 atom stereocenters. The highest BCUT2D eigenvalue weighted by atomic mass is 32.2. The van der Waals surface area contributed by atoms with E-state index in [9.17, 15) is 22.8 Å². The first-order chi connectivity index (χ1) is 12.4. The van der Waals surface area contributed by atoms with Gasteiger partial charge < -0.3 is 15.1 Å². The van der Waals surface area contributed by atoms with Gasteiger partial charge in [-0.3, -0.25) is 4.79 Å². The predicted molar refractivity (Wildman–Crippen MR) is 99.3 cm³/mol. The van der Waals surface area contributed by atoms with Gasteiger partial charge in [0.15, 0.2) is 0 Å². The lowest BCUT2D eigenvalue weighted by Crippen LogP contribution is -2.49. The molecule has 1 aliphatic heterocycles. The standard InChI is InChI=1S/C18H24F3N3O2S/c1-17(2,3)22-16(26)23(4)9-10-24-14(25)11-27-15(24)12-5-7-13(8-6-12)18(19,20)21/h5-8,15H,9-11H2,1-4H3,(H,22,26)/t15-/m0/s1. The lowest BCUT2D eigenvalue weighted by Gasteiger charge is -2.29. The number of likely N-dealkylation sites (N-methyl/N-ethyl adjacent to an activating group) is 1. The van der Waals surface area contributed by atoms with Crippen LogP contribution in [0.2, 0.25) is 0 Å². The van der Waals surface area contributed by atoms with E-state index in [0.29, 0.717) is 18.7 Å². The Balaban J connectivity index is 2.03. The maximum Gasteiger partial charge on any atom is 0.416 e. The normalized spacial score (nSPS) is 18.0. The van der Waals surface area contributed by atoms with E-state index >= 15 is 0 Å². The number of benzene rings is 1. The van der Waals surface area contributed by atoms with E-state index in [1.807, 2.05) is 20.8 Å². The summed E-state index contributed by atoms with van der Waals surface area (Å²) >= 11 is 1.37. The van der Waals surface area contributed by atoms with Gasteiger partial charge >= 0.3 is 12.2 Å². The summed E-state index contributed by atoms with van der Waals surface area (Å²) in [5.74, 6) is 0.179. The molecule has 1 saturated heterocycles. The number of nitrogens with zero attached hydrogens (tertiary/aromatic N) is 2. The quantitative estimate of drug-likeness (QED) is 0.834. The van der Waals surface area contributed by atoms with Crippen LogP contribution >= 0.6 is 11.8 Å². The molecule has 1 N–H and O–H groups in total. The van der Waals surface area contributed by atoms with Crippen LogP contribution in [0.15, 0.2) is 24.3 Å². The third-order valence-corrected chi connectivity index (χ3v) is 5.25. The van der Waals surface area contributed by atoms with Crippen LogP contribution in [0.5, 0.6) is 0 Å². The van der Waals surface area contributed by atoms with Gasteiger partial charge in [0.1, 0.15) is 5.37 Å². The average Bonchev–Trinajstić information content (AvgIpc) is 2.91. The molecule has 0 spiro atoms. The molecule has 0 radical (unpaired) electrons.